The van der Waals surface area contributed by atoms with Crippen LogP contribution in [-0.4, -0.2) is 5.11 Å². The largest absolute Gasteiger partial charge is 0.508 e. The van der Waals surface area contributed by atoms with E-state index in [1.807, 2.05) is 12.1 Å². The number of aryl methyl sites for hydroxylation is 1. The van der Waals surface area contributed by atoms with Crippen LogP contribution in [0.25, 0.3) is 0 Å². The second-order valence-corrected chi connectivity index (χ2v) is 4.18. The number of phenolic OH excluding ortho intramolecular Hbond substituents is 1. The number of hydrogen-bond donors (Lipinski definition) is 1. The van der Waals surface area contributed by atoms with Gasteiger partial charge < -0.3 is 5.11 Å². The Labute approximate surface area is 112 Å². The Hall–Kier alpha value is -0.357. The molecule has 0 aliphatic heterocycles. The molecule has 86 valence electrons. The van der Waals surface area contributed by atoms with Gasteiger partial charge in [0.1, 0.15) is 5.75 Å². The molecule has 0 unspecified atom stereocenters. The predicted octanol–water partition coefficient (Wildman–Crippen LogP) is 4.29. The summed E-state index contributed by atoms with van der Waals surface area (Å²) in [6.45, 7) is 2.25. The topological polar surface area (TPSA) is 20.2 Å². The van der Waals surface area contributed by atoms with Crippen molar-refractivity contribution in [2.75, 3.05) is 0 Å². The molecule has 0 atom stereocenters. The Bertz CT molecular complexity index is 256. The van der Waals surface area contributed by atoms with Crippen molar-refractivity contribution in [3.63, 3.8) is 0 Å². The van der Waals surface area contributed by atoms with Crippen LogP contribution in [0.2, 0.25) is 0 Å². The van der Waals surface area contributed by atoms with Crippen LogP contribution < -0.4 is 0 Å². The molecule has 2 heteroatoms. The van der Waals surface area contributed by atoms with Crippen molar-refractivity contribution < 1.29 is 24.6 Å². The Morgan fingerprint density at radius 3 is 2.06 bits per heavy atom. The van der Waals surface area contributed by atoms with E-state index in [0.29, 0.717) is 5.75 Å². The first kappa shape index (κ1) is 15.6. The van der Waals surface area contributed by atoms with Gasteiger partial charge in [-0.25, -0.2) is 0 Å². The summed E-state index contributed by atoms with van der Waals surface area (Å²) in [5.74, 6) is 0.363. The molecule has 0 heterocycles. The van der Waals surface area contributed by atoms with Gasteiger partial charge in [-0.1, -0.05) is 51.2 Å². The Kier molecular flexibility index (Phi) is 9.62. The smallest absolute Gasteiger partial charge is 0.115 e. The molecule has 0 amide bonds. The average Bonchev–Trinajstić information content (AvgIpc) is 2.26. The van der Waals surface area contributed by atoms with Crippen LogP contribution in [0.1, 0.15) is 51.0 Å². The minimum atomic E-state index is 0. The molecule has 1 aromatic carbocycles. The molecule has 0 fully saturated rings. The number of rotatable bonds is 7. The first-order valence-corrected chi connectivity index (χ1v) is 6.11. The second kappa shape index (κ2) is 9.84. The summed E-state index contributed by atoms with van der Waals surface area (Å²) in [6, 6.07) is 7.57. The van der Waals surface area contributed by atoms with E-state index in [4.69, 9.17) is 5.11 Å². The van der Waals surface area contributed by atoms with Gasteiger partial charge in [-0.15, -0.1) is 0 Å². The molecule has 1 rings (SSSR count). The molecular weight excluding hydrogens is 250 g/mol. The molecule has 0 radical (unpaired) electrons. The van der Waals surface area contributed by atoms with E-state index in [0.717, 1.165) is 6.42 Å². The van der Waals surface area contributed by atoms with Crippen LogP contribution in [0.4, 0.5) is 0 Å². The molecule has 0 bridgehead atoms. The quantitative estimate of drug-likeness (QED) is 0.579. The van der Waals surface area contributed by atoms with Gasteiger partial charge in [0, 0.05) is 19.5 Å². The molecule has 0 aliphatic carbocycles. The number of unbranched alkanes of at least 4 members (excludes halogenated alkanes) is 5. The van der Waals surface area contributed by atoms with Gasteiger partial charge in [-0.2, -0.15) is 0 Å². The zero-order valence-electron chi connectivity index (χ0n) is 10.4. The van der Waals surface area contributed by atoms with Crippen LogP contribution in [0.5, 0.6) is 5.75 Å². The minimum Gasteiger partial charge on any atom is -0.508 e. The van der Waals surface area contributed by atoms with Gasteiger partial charge >= 0.3 is 0 Å². The fourth-order valence-corrected chi connectivity index (χ4v) is 1.77. The molecule has 0 saturated heterocycles. The third kappa shape index (κ3) is 7.01. The molecule has 16 heavy (non-hydrogen) atoms. The summed E-state index contributed by atoms with van der Waals surface area (Å²) in [6.07, 6.45) is 9.19. The van der Waals surface area contributed by atoms with E-state index in [2.05, 4.69) is 6.92 Å². The summed E-state index contributed by atoms with van der Waals surface area (Å²) in [5.41, 5.74) is 1.34. The number of aromatic hydroxyl groups is 1. The van der Waals surface area contributed by atoms with Gasteiger partial charge in [0.15, 0.2) is 0 Å². The summed E-state index contributed by atoms with van der Waals surface area (Å²) < 4.78 is 0. The van der Waals surface area contributed by atoms with E-state index in [1.165, 1.54) is 44.1 Å². The molecule has 1 nitrogen and oxygen atoms in total. The van der Waals surface area contributed by atoms with Crippen LogP contribution in [0.3, 0.4) is 0 Å². The predicted molar refractivity (Wildman–Crippen MR) is 65.2 cm³/mol. The first-order chi connectivity index (χ1) is 7.33. The SMILES string of the molecule is CCCCCCCCc1ccc(O)cc1.[Zn]. The van der Waals surface area contributed by atoms with Gasteiger partial charge in [-0.05, 0) is 30.5 Å². The van der Waals surface area contributed by atoms with Crippen LogP contribution in [0.15, 0.2) is 24.3 Å². The van der Waals surface area contributed by atoms with Gasteiger partial charge in [0.05, 0.1) is 0 Å². The van der Waals surface area contributed by atoms with E-state index >= 15 is 0 Å². The molecule has 0 aliphatic rings. The third-order valence-corrected chi connectivity index (χ3v) is 2.76. The summed E-state index contributed by atoms with van der Waals surface area (Å²) >= 11 is 0. The Morgan fingerprint density at radius 1 is 0.875 bits per heavy atom. The summed E-state index contributed by atoms with van der Waals surface area (Å²) in [4.78, 5) is 0. The van der Waals surface area contributed by atoms with Crippen LogP contribution >= 0.6 is 0 Å². The molecule has 1 aromatic rings. The van der Waals surface area contributed by atoms with E-state index < -0.39 is 0 Å². The standard InChI is InChI=1S/C14H22O.Zn/c1-2-3-4-5-6-7-8-13-9-11-14(15)12-10-13;/h9-12,15H,2-8H2,1H3;. The Balaban J connectivity index is 0.00000225. The van der Waals surface area contributed by atoms with Gasteiger partial charge in [0.25, 0.3) is 0 Å². The monoisotopic (exact) mass is 270 g/mol. The number of phenols is 1. The molecule has 0 saturated carbocycles. The average molecular weight is 272 g/mol. The van der Waals surface area contributed by atoms with Crippen molar-refractivity contribution in [1.29, 1.82) is 0 Å². The number of benzene rings is 1. The van der Waals surface area contributed by atoms with E-state index in [-0.39, 0.29) is 19.5 Å². The van der Waals surface area contributed by atoms with Crippen molar-refractivity contribution in [2.45, 2.75) is 51.9 Å². The van der Waals surface area contributed by atoms with Crippen molar-refractivity contribution in [1.82, 2.24) is 0 Å². The van der Waals surface area contributed by atoms with Crippen molar-refractivity contribution in [3.05, 3.63) is 29.8 Å². The second-order valence-electron chi connectivity index (χ2n) is 4.18. The summed E-state index contributed by atoms with van der Waals surface area (Å²) in [7, 11) is 0. The van der Waals surface area contributed by atoms with Gasteiger partial charge in [0.2, 0.25) is 0 Å². The van der Waals surface area contributed by atoms with E-state index in [1.54, 1.807) is 12.1 Å². The maximum Gasteiger partial charge on any atom is 0.115 e. The summed E-state index contributed by atoms with van der Waals surface area (Å²) in [5, 5.41) is 9.13. The number of hydrogen-bond acceptors (Lipinski definition) is 1. The minimum absolute atomic E-state index is 0. The zero-order valence-corrected chi connectivity index (χ0v) is 13.4. The van der Waals surface area contributed by atoms with Gasteiger partial charge in [-0.3, -0.25) is 0 Å². The van der Waals surface area contributed by atoms with Crippen LogP contribution in [-0.2, 0) is 25.9 Å². The fraction of sp³-hybridized carbons (Fsp3) is 0.571. The molecule has 0 spiro atoms. The third-order valence-electron chi connectivity index (χ3n) is 2.76. The fourth-order valence-electron chi connectivity index (χ4n) is 1.77. The van der Waals surface area contributed by atoms with Crippen molar-refractivity contribution >= 4 is 0 Å². The molecule has 1 N–H and O–H groups in total. The van der Waals surface area contributed by atoms with E-state index in [9.17, 15) is 0 Å². The first-order valence-electron chi connectivity index (χ1n) is 6.11. The molecule has 0 aromatic heterocycles. The maximum absolute atomic E-state index is 9.13. The van der Waals surface area contributed by atoms with Crippen molar-refractivity contribution in [3.8, 4) is 5.75 Å². The van der Waals surface area contributed by atoms with Crippen LogP contribution in [0, 0.1) is 0 Å². The zero-order chi connectivity index (χ0) is 10.9. The van der Waals surface area contributed by atoms with Crippen molar-refractivity contribution in [2.24, 2.45) is 0 Å². The Morgan fingerprint density at radius 2 is 1.44 bits per heavy atom. The maximum atomic E-state index is 9.13. The normalized spacial score (nSPS) is 9.81. The molecular formula is C14H22OZn.